The normalized spacial score (nSPS) is 20.3. The van der Waals surface area contributed by atoms with Gasteiger partial charge in [-0.3, -0.25) is 9.59 Å². The molecule has 4 rings (SSSR count). The maximum absolute atomic E-state index is 13.9. The van der Waals surface area contributed by atoms with Gasteiger partial charge in [0.1, 0.15) is 11.5 Å². The molecule has 0 bridgehead atoms. The monoisotopic (exact) mass is 359 g/mol. The average Bonchev–Trinajstić information content (AvgIpc) is 3.33. The van der Waals surface area contributed by atoms with Gasteiger partial charge in [0, 0.05) is 38.6 Å². The van der Waals surface area contributed by atoms with Crippen molar-refractivity contribution in [3.05, 3.63) is 29.7 Å². The summed E-state index contributed by atoms with van der Waals surface area (Å²) in [5, 5.41) is 3.51. The molecule has 2 saturated heterocycles. The van der Waals surface area contributed by atoms with Crippen LogP contribution in [-0.4, -0.2) is 42.2 Å². The van der Waals surface area contributed by atoms with Crippen molar-refractivity contribution >= 4 is 28.4 Å². The summed E-state index contributed by atoms with van der Waals surface area (Å²) >= 11 is 0. The first-order chi connectivity index (χ1) is 12.6. The van der Waals surface area contributed by atoms with Crippen molar-refractivity contribution in [1.82, 2.24) is 9.88 Å². The number of hydrogen-bond acceptors (Lipinski definition) is 3. The lowest BCUT2D eigenvalue weighted by Gasteiger charge is -2.18. The minimum absolute atomic E-state index is 0.0305. The average molecular weight is 359 g/mol. The zero-order chi connectivity index (χ0) is 18.3. The maximum atomic E-state index is 13.9. The number of hydrogen-bond donors (Lipinski definition) is 1. The van der Waals surface area contributed by atoms with E-state index in [1.54, 1.807) is 22.6 Å². The minimum atomic E-state index is -0.387. The number of fused-ring (bicyclic) bond motifs is 1. The summed E-state index contributed by atoms with van der Waals surface area (Å²) in [6, 6.07) is 4.41. The van der Waals surface area contributed by atoms with E-state index in [4.69, 9.17) is 4.74 Å². The number of ether oxygens (including phenoxy) is 1. The fourth-order valence-electron chi connectivity index (χ4n) is 3.91. The number of nitrogens with one attached hydrogen (secondary N) is 1. The van der Waals surface area contributed by atoms with Gasteiger partial charge in [0.2, 0.25) is 5.91 Å². The van der Waals surface area contributed by atoms with Crippen LogP contribution in [0.3, 0.4) is 0 Å². The van der Waals surface area contributed by atoms with Crippen LogP contribution >= 0.6 is 0 Å². The van der Waals surface area contributed by atoms with Crippen LogP contribution < -0.4 is 10.2 Å². The topological polar surface area (TPSA) is 63.6 Å². The van der Waals surface area contributed by atoms with E-state index in [0.29, 0.717) is 36.3 Å². The van der Waals surface area contributed by atoms with Gasteiger partial charge < -0.3 is 19.5 Å². The molecule has 0 unspecified atom stereocenters. The Morgan fingerprint density at radius 1 is 1.38 bits per heavy atom. The molecule has 2 amide bonds. The molecular formula is C19H22FN3O3. The molecule has 2 fully saturated rings. The van der Waals surface area contributed by atoms with Gasteiger partial charge in [-0.15, -0.1) is 0 Å². The van der Waals surface area contributed by atoms with Gasteiger partial charge in [-0.1, -0.05) is 0 Å². The Hall–Kier alpha value is -2.41. The molecular weight excluding hydrogens is 337 g/mol. The Balaban J connectivity index is 1.75. The number of nitrogens with zero attached hydrogens (tertiary/aromatic N) is 2. The van der Waals surface area contributed by atoms with Crippen LogP contribution in [0, 0.1) is 5.82 Å². The smallest absolute Gasteiger partial charge is 0.270 e. The summed E-state index contributed by atoms with van der Waals surface area (Å²) in [6.07, 6.45) is 3.15. The lowest BCUT2D eigenvalue weighted by molar-refractivity contribution is -0.117. The second-order valence-electron chi connectivity index (χ2n) is 6.91. The van der Waals surface area contributed by atoms with Crippen LogP contribution in [-0.2, 0) is 16.6 Å². The highest BCUT2D eigenvalue weighted by Crippen LogP contribution is 2.36. The van der Waals surface area contributed by atoms with Crippen LogP contribution in [0.4, 0.5) is 10.1 Å². The maximum Gasteiger partial charge on any atom is 0.270 e. The van der Waals surface area contributed by atoms with E-state index in [1.165, 1.54) is 12.1 Å². The summed E-state index contributed by atoms with van der Waals surface area (Å²) in [6.45, 7) is 1.70. The highest BCUT2D eigenvalue weighted by molar-refractivity contribution is 6.14. The van der Waals surface area contributed by atoms with Crippen molar-refractivity contribution in [3.63, 3.8) is 0 Å². The van der Waals surface area contributed by atoms with Crippen LogP contribution in [0.5, 0.6) is 0 Å². The number of benzene rings is 1. The number of anilines is 1. The SMILES string of the molecule is Cn1c(C(=O)NC[C@@H]2CCCO2)c(N2CCCC2=O)c2cc(F)ccc21. The van der Waals surface area contributed by atoms with Gasteiger partial charge in [-0.2, -0.15) is 0 Å². The first-order valence-electron chi connectivity index (χ1n) is 9.04. The number of amides is 2. The third kappa shape index (κ3) is 2.86. The number of carbonyl (C=O) groups excluding carboxylic acids is 2. The van der Waals surface area contributed by atoms with Gasteiger partial charge >= 0.3 is 0 Å². The fraction of sp³-hybridized carbons (Fsp3) is 0.474. The van der Waals surface area contributed by atoms with E-state index in [2.05, 4.69) is 5.32 Å². The minimum Gasteiger partial charge on any atom is -0.376 e. The van der Waals surface area contributed by atoms with E-state index in [1.807, 2.05) is 0 Å². The van der Waals surface area contributed by atoms with Crippen molar-refractivity contribution in [2.24, 2.45) is 7.05 Å². The lowest BCUT2D eigenvalue weighted by atomic mass is 10.2. The van der Waals surface area contributed by atoms with Gasteiger partial charge in [0.15, 0.2) is 0 Å². The largest absolute Gasteiger partial charge is 0.376 e. The Labute approximate surface area is 150 Å². The van der Waals surface area contributed by atoms with E-state index >= 15 is 0 Å². The van der Waals surface area contributed by atoms with Gasteiger partial charge in [-0.05, 0) is 37.5 Å². The van der Waals surface area contributed by atoms with Crippen molar-refractivity contribution in [1.29, 1.82) is 0 Å². The first kappa shape index (κ1) is 17.0. The molecule has 3 heterocycles. The van der Waals surface area contributed by atoms with E-state index in [9.17, 15) is 14.0 Å². The quantitative estimate of drug-likeness (QED) is 0.911. The van der Waals surface area contributed by atoms with Crippen LogP contribution in [0.2, 0.25) is 0 Å². The molecule has 2 aliphatic heterocycles. The van der Waals surface area contributed by atoms with Crippen molar-refractivity contribution in [2.45, 2.75) is 31.8 Å². The fourth-order valence-corrected chi connectivity index (χ4v) is 3.91. The highest BCUT2D eigenvalue weighted by Gasteiger charge is 2.31. The van der Waals surface area contributed by atoms with E-state index < -0.39 is 0 Å². The second-order valence-corrected chi connectivity index (χ2v) is 6.91. The predicted octanol–water partition coefficient (Wildman–Crippen LogP) is 2.35. The van der Waals surface area contributed by atoms with Gasteiger partial charge in [0.25, 0.3) is 5.91 Å². The highest BCUT2D eigenvalue weighted by atomic mass is 19.1. The van der Waals surface area contributed by atoms with Crippen molar-refractivity contribution in [2.75, 3.05) is 24.6 Å². The summed E-state index contributed by atoms with van der Waals surface area (Å²) < 4.78 is 21.2. The molecule has 1 atom stereocenters. The molecule has 1 N–H and O–H groups in total. The predicted molar refractivity (Wildman–Crippen MR) is 95.8 cm³/mol. The Kier molecular flexibility index (Phi) is 4.40. The standard InChI is InChI=1S/C19H22FN3O3/c1-22-15-7-6-12(20)10-14(15)17(23-8-2-5-16(23)24)18(22)19(25)21-11-13-4-3-9-26-13/h6-7,10,13H,2-5,8-9,11H2,1H3,(H,21,25)/t13-/m0/s1. The number of aromatic nitrogens is 1. The number of halogens is 1. The Bertz CT molecular complexity index is 871. The van der Waals surface area contributed by atoms with Crippen molar-refractivity contribution < 1.29 is 18.7 Å². The summed E-state index contributed by atoms with van der Waals surface area (Å²) in [5.41, 5.74) is 1.62. The third-order valence-corrected chi connectivity index (χ3v) is 5.21. The number of carbonyl (C=O) groups is 2. The van der Waals surface area contributed by atoms with Crippen LogP contribution in [0.25, 0.3) is 10.9 Å². The molecule has 1 aromatic heterocycles. The summed E-state index contributed by atoms with van der Waals surface area (Å²) in [5.74, 6) is -0.688. The molecule has 0 saturated carbocycles. The van der Waals surface area contributed by atoms with Crippen molar-refractivity contribution in [3.8, 4) is 0 Å². The summed E-state index contributed by atoms with van der Waals surface area (Å²) in [7, 11) is 1.77. The molecule has 6 nitrogen and oxygen atoms in total. The van der Waals surface area contributed by atoms with E-state index in [-0.39, 0.29) is 23.7 Å². The van der Waals surface area contributed by atoms with Crippen LogP contribution in [0.15, 0.2) is 18.2 Å². The number of aryl methyl sites for hydroxylation is 1. The molecule has 26 heavy (non-hydrogen) atoms. The lowest BCUT2D eigenvalue weighted by Crippen LogP contribution is -2.34. The molecule has 0 aliphatic carbocycles. The van der Waals surface area contributed by atoms with Gasteiger partial charge in [-0.25, -0.2) is 4.39 Å². The number of rotatable bonds is 4. The molecule has 138 valence electrons. The van der Waals surface area contributed by atoms with Crippen LogP contribution in [0.1, 0.15) is 36.2 Å². The van der Waals surface area contributed by atoms with Gasteiger partial charge in [0.05, 0.1) is 17.3 Å². The third-order valence-electron chi connectivity index (χ3n) is 5.21. The summed E-state index contributed by atoms with van der Waals surface area (Å²) in [4.78, 5) is 26.9. The second kappa shape index (κ2) is 6.72. The molecule has 0 spiro atoms. The molecule has 1 aromatic carbocycles. The Morgan fingerprint density at radius 3 is 2.92 bits per heavy atom. The molecule has 0 radical (unpaired) electrons. The van der Waals surface area contributed by atoms with E-state index in [0.717, 1.165) is 31.4 Å². The molecule has 2 aromatic rings. The molecule has 2 aliphatic rings. The zero-order valence-corrected chi connectivity index (χ0v) is 14.8. The molecule has 7 heteroatoms. The first-order valence-corrected chi connectivity index (χ1v) is 9.04. The zero-order valence-electron chi connectivity index (χ0n) is 14.8. The Morgan fingerprint density at radius 2 is 2.23 bits per heavy atom.